The number of aryl methyl sites for hydroxylation is 1. The third-order valence-electron chi connectivity index (χ3n) is 3.73. The average molecular weight is 377 g/mol. The maximum atomic E-state index is 12.4. The number of benzene rings is 1. The molecule has 0 radical (unpaired) electrons. The van der Waals surface area contributed by atoms with E-state index in [0.29, 0.717) is 10.6 Å². The minimum Gasteiger partial charge on any atom is -0.479 e. The number of rotatable bonds is 2. The molecule has 2 N–H and O–H groups in total. The van der Waals surface area contributed by atoms with E-state index in [-0.39, 0.29) is 31.8 Å². The second kappa shape index (κ2) is 5.94. The summed E-state index contributed by atoms with van der Waals surface area (Å²) in [5.74, 6) is -1.45. The number of piperidine rings is 1. The highest BCUT2D eigenvalue weighted by Gasteiger charge is 2.40. The number of halogens is 2. The first-order valence-corrected chi connectivity index (χ1v) is 7.62. The summed E-state index contributed by atoms with van der Waals surface area (Å²) in [5, 5.41) is 19.3. The van der Waals surface area contributed by atoms with E-state index in [2.05, 4.69) is 15.9 Å². The van der Waals surface area contributed by atoms with Gasteiger partial charge in [0.2, 0.25) is 0 Å². The van der Waals surface area contributed by atoms with Gasteiger partial charge in [0, 0.05) is 36.0 Å². The van der Waals surface area contributed by atoms with Crippen LogP contribution in [0.4, 0.5) is 0 Å². The lowest BCUT2D eigenvalue weighted by atomic mass is 9.91. The van der Waals surface area contributed by atoms with Crippen LogP contribution >= 0.6 is 27.5 Å². The molecular formula is C14H15BrClNO4. The fourth-order valence-corrected chi connectivity index (χ4v) is 2.82. The first-order chi connectivity index (χ1) is 9.74. The van der Waals surface area contributed by atoms with E-state index in [1.807, 2.05) is 6.92 Å². The Balaban J connectivity index is 2.14. The maximum Gasteiger partial charge on any atom is 0.335 e. The molecule has 0 spiro atoms. The van der Waals surface area contributed by atoms with E-state index in [1.54, 1.807) is 12.1 Å². The lowest BCUT2D eigenvalue weighted by Gasteiger charge is -2.35. The highest BCUT2D eigenvalue weighted by Crippen LogP contribution is 2.29. The Morgan fingerprint density at radius 2 is 1.90 bits per heavy atom. The number of hydrogen-bond donors (Lipinski definition) is 2. The maximum absolute atomic E-state index is 12.4. The molecule has 1 saturated heterocycles. The number of carboxylic acids is 1. The van der Waals surface area contributed by atoms with Gasteiger partial charge in [-0.1, -0.05) is 11.6 Å². The molecule has 7 heteroatoms. The molecule has 0 saturated carbocycles. The predicted octanol–water partition coefficient (Wildman–Crippen LogP) is 2.46. The molecule has 0 atom stereocenters. The van der Waals surface area contributed by atoms with Gasteiger partial charge >= 0.3 is 5.97 Å². The number of carbonyl (C=O) groups is 2. The number of carboxylic acid groups (broad SMARTS) is 1. The molecule has 114 valence electrons. The number of aliphatic hydroxyl groups is 1. The fourth-order valence-electron chi connectivity index (χ4n) is 2.33. The van der Waals surface area contributed by atoms with Crippen LogP contribution in [0.25, 0.3) is 0 Å². The van der Waals surface area contributed by atoms with E-state index in [4.69, 9.17) is 16.7 Å². The number of likely N-dealkylation sites (tertiary alicyclic amines) is 1. The van der Waals surface area contributed by atoms with Gasteiger partial charge in [0.25, 0.3) is 5.91 Å². The number of aliphatic carboxylic acids is 1. The molecule has 0 aliphatic carbocycles. The van der Waals surface area contributed by atoms with Crippen molar-refractivity contribution in [2.45, 2.75) is 25.4 Å². The Hall–Kier alpha value is -1.11. The summed E-state index contributed by atoms with van der Waals surface area (Å²) < 4.78 is 0.750. The van der Waals surface area contributed by atoms with Gasteiger partial charge in [-0.3, -0.25) is 4.79 Å². The molecule has 1 aliphatic rings. The Labute approximate surface area is 135 Å². The van der Waals surface area contributed by atoms with Crippen LogP contribution in [0.1, 0.15) is 28.8 Å². The van der Waals surface area contributed by atoms with Gasteiger partial charge in [-0.25, -0.2) is 4.79 Å². The molecule has 1 fully saturated rings. The van der Waals surface area contributed by atoms with Crippen molar-refractivity contribution < 1.29 is 19.8 Å². The minimum absolute atomic E-state index is 0.0251. The van der Waals surface area contributed by atoms with Crippen molar-refractivity contribution in [3.05, 3.63) is 32.8 Å². The van der Waals surface area contributed by atoms with Gasteiger partial charge in [0.15, 0.2) is 5.60 Å². The van der Waals surface area contributed by atoms with Crippen LogP contribution in [0.3, 0.4) is 0 Å². The summed E-state index contributed by atoms with van der Waals surface area (Å²) in [6, 6.07) is 3.31. The predicted molar refractivity (Wildman–Crippen MR) is 81.6 cm³/mol. The number of amides is 1. The SMILES string of the molecule is Cc1cc(C(=O)N2CCC(O)(C(=O)O)CC2)cc(Cl)c1Br. The van der Waals surface area contributed by atoms with Gasteiger partial charge in [0.1, 0.15) is 0 Å². The summed E-state index contributed by atoms with van der Waals surface area (Å²) in [6.07, 6.45) is 0.0502. The Morgan fingerprint density at radius 1 is 1.33 bits per heavy atom. The summed E-state index contributed by atoms with van der Waals surface area (Å²) >= 11 is 9.39. The molecule has 5 nitrogen and oxygen atoms in total. The van der Waals surface area contributed by atoms with E-state index < -0.39 is 11.6 Å². The molecule has 2 rings (SSSR count). The van der Waals surface area contributed by atoms with E-state index in [9.17, 15) is 14.7 Å². The zero-order valence-electron chi connectivity index (χ0n) is 11.4. The minimum atomic E-state index is -1.73. The summed E-state index contributed by atoms with van der Waals surface area (Å²) in [5.41, 5.74) is -0.421. The van der Waals surface area contributed by atoms with E-state index in [0.717, 1.165) is 10.0 Å². The van der Waals surface area contributed by atoms with Crippen molar-refractivity contribution >= 4 is 39.4 Å². The lowest BCUT2D eigenvalue weighted by molar-refractivity contribution is -0.162. The van der Waals surface area contributed by atoms with Gasteiger partial charge in [0.05, 0.1) is 5.02 Å². The van der Waals surface area contributed by atoms with Crippen LogP contribution in [0.5, 0.6) is 0 Å². The Morgan fingerprint density at radius 3 is 2.38 bits per heavy atom. The first kappa shape index (κ1) is 16.3. The van der Waals surface area contributed by atoms with Gasteiger partial charge in [-0.05, 0) is 40.5 Å². The lowest BCUT2D eigenvalue weighted by Crippen LogP contribution is -2.50. The monoisotopic (exact) mass is 375 g/mol. The Kier molecular flexibility index (Phi) is 4.60. The second-order valence-electron chi connectivity index (χ2n) is 5.22. The van der Waals surface area contributed by atoms with Gasteiger partial charge in [-0.15, -0.1) is 0 Å². The fraction of sp³-hybridized carbons (Fsp3) is 0.429. The number of carbonyl (C=O) groups excluding carboxylic acids is 1. The molecule has 1 aromatic carbocycles. The molecule has 0 bridgehead atoms. The van der Waals surface area contributed by atoms with Crippen LogP contribution in [0, 0.1) is 6.92 Å². The van der Waals surface area contributed by atoms with Crippen LogP contribution in [0.2, 0.25) is 5.02 Å². The highest BCUT2D eigenvalue weighted by molar-refractivity contribution is 9.10. The van der Waals surface area contributed by atoms with Crippen molar-refractivity contribution in [3.63, 3.8) is 0 Å². The molecule has 1 heterocycles. The summed E-state index contributed by atoms with van der Waals surface area (Å²) in [4.78, 5) is 24.9. The first-order valence-electron chi connectivity index (χ1n) is 6.45. The molecular weight excluding hydrogens is 362 g/mol. The third-order valence-corrected chi connectivity index (χ3v) is 5.31. The molecule has 21 heavy (non-hydrogen) atoms. The zero-order valence-corrected chi connectivity index (χ0v) is 13.7. The summed E-state index contributed by atoms with van der Waals surface area (Å²) in [7, 11) is 0. The largest absolute Gasteiger partial charge is 0.479 e. The van der Waals surface area contributed by atoms with Crippen LogP contribution in [-0.2, 0) is 4.79 Å². The van der Waals surface area contributed by atoms with Gasteiger partial charge < -0.3 is 15.1 Å². The standard InChI is InChI=1S/C14H15BrClNO4/c1-8-6-9(7-10(16)11(8)15)12(18)17-4-2-14(21,3-5-17)13(19)20/h6-7,21H,2-5H2,1H3,(H,19,20). The topological polar surface area (TPSA) is 77.8 Å². The molecule has 0 unspecified atom stereocenters. The molecule has 1 aliphatic heterocycles. The van der Waals surface area contributed by atoms with Crippen molar-refractivity contribution in [3.8, 4) is 0 Å². The Bertz CT molecular complexity index is 574. The van der Waals surface area contributed by atoms with E-state index >= 15 is 0 Å². The third kappa shape index (κ3) is 3.22. The van der Waals surface area contributed by atoms with Crippen LogP contribution < -0.4 is 0 Å². The zero-order chi connectivity index (χ0) is 15.8. The number of nitrogens with zero attached hydrogens (tertiary/aromatic N) is 1. The molecule has 1 aromatic rings. The quantitative estimate of drug-likeness (QED) is 0.831. The second-order valence-corrected chi connectivity index (χ2v) is 6.42. The smallest absolute Gasteiger partial charge is 0.335 e. The van der Waals surface area contributed by atoms with Crippen molar-refractivity contribution in [1.29, 1.82) is 0 Å². The van der Waals surface area contributed by atoms with Crippen LogP contribution in [0.15, 0.2) is 16.6 Å². The average Bonchev–Trinajstić information content (AvgIpc) is 2.44. The van der Waals surface area contributed by atoms with Crippen molar-refractivity contribution in [2.24, 2.45) is 0 Å². The highest BCUT2D eigenvalue weighted by atomic mass is 79.9. The van der Waals surface area contributed by atoms with Crippen LogP contribution in [-0.4, -0.2) is 45.7 Å². The van der Waals surface area contributed by atoms with Gasteiger partial charge in [-0.2, -0.15) is 0 Å². The van der Waals surface area contributed by atoms with Crippen molar-refractivity contribution in [2.75, 3.05) is 13.1 Å². The number of hydrogen-bond acceptors (Lipinski definition) is 3. The summed E-state index contributed by atoms with van der Waals surface area (Å²) in [6.45, 7) is 2.24. The normalized spacial score (nSPS) is 17.6. The van der Waals surface area contributed by atoms with Crippen molar-refractivity contribution in [1.82, 2.24) is 4.90 Å². The molecule has 0 aromatic heterocycles. The van der Waals surface area contributed by atoms with E-state index in [1.165, 1.54) is 4.90 Å². The molecule has 1 amide bonds.